The first kappa shape index (κ1) is 21.7. The Kier molecular flexibility index (Phi) is 5.74. The van der Waals surface area contributed by atoms with E-state index in [-0.39, 0.29) is 25.3 Å². The quantitative estimate of drug-likeness (QED) is 0.743. The van der Waals surface area contributed by atoms with Crippen molar-refractivity contribution in [3.63, 3.8) is 0 Å². The molecular formula is C18H19F6NO4. The Labute approximate surface area is 162 Å². The van der Waals surface area contributed by atoms with Crippen LogP contribution in [0.5, 0.6) is 5.75 Å². The molecule has 11 heteroatoms. The van der Waals surface area contributed by atoms with E-state index in [1.165, 1.54) is 17.0 Å². The Balaban J connectivity index is 1.69. The van der Waals surface area contributed by atoms with E-state index >= 15 is 0 Å². The number of nitrogens with zero attached hydrogens (tertiary/aromatic N) is 1. The first-order valence-corrected chi connectivity index (χ1v) is 8.93. The molecule has 1 aliphatic heterocycles. The van der Waals surface area contributed by atoms with Crippen LogP contribution in [0.25, 0.3) is 0 Å². The number of amides is 1. The van der Waals surface area contributed by atoms with Crippen molar-refractivity contribution in [1.82, 2.24) is 0 Å². The minimum Gasteiger partial charge on any atom is -0.406 e. The molecule has 1 aromatic rings. The number of ether oxygens (including phenoxy) is 2. The Hall–Kier alpha value is -2.01. The topological polar surface area (TPSA) is 59.0 Å². The van der Waals surface area contributed by atoms with Crippen LogP contribution >= 0.6 is 0 Å². The number of aliphatic hydroxyl groups is 1. The average molecular weight is 427 g/mol. The molecule has 3 atom stereocenters. The van der Waals surface area contributed by atoms with Gasteiger partial charge in [0, 0.05) is 12.2 Å². The zero-order valence-electron chi connectivity index (χ0n) is 15.1. The van der Waals surface area contributed by atoms with Crippen molar-refractivity contribution in [3.8, 4) is 5.75 Å². The lowest BCUT2D eigenvalue weighted by molar-refractivity contribution is -0.274. The number of carbonyl (C=O) groups is 1. The molecule has 1 aliphatic carbocycles. The van der Waals surface area contributed by atoms with Crippen molar-refractivity contribution < 1.29 is 45.7 Å². The molecule has 1 saturated carbocycles. The van der Waals surface area contributed by atoms with E-state index in [4.69, 9.17) is 4.74 Å². The lowest BCUT2D eigenvalue weighted by atomic mass is 9.70. The van der Waals surface area contributed by atoms with Gasteiger partial charge in [-0.25, -0.2) is 0 Å². The maximum Gasteiger partial charge on any atom is 0.573 e. The number of rotatable bonds is 4. The zero-order valence-corrected chi connectivity index (χ0v) is 15.1. The van der Waals surface area contributed by atoms with E-state index in [9.17, 15) is 36.2 Å². The Morgan fingerprint density at radius 3 is 2.34 bits per heavy atom. The van der Waals surface area contributed by atoms with E-state index in [1.54, 1.807) is 0 Å². The highest BCUT2D eigenvalue weighted by Crippen LogP contribution is 2.47. The second-order valence-electron chi connectivity index (χ2n) is 7.30. The van der Waals surface area contributed by atoms with Gasteiger partial charge in [0.15, 0.2) is 0 Å². The van der Waals surface area contributed by atoms with Crippen LogP contribution in [-0.4, -0.2) is 48.9 Å². The first-order valence-electron chi connectivity index (χ1n) is 8.93. The van der Waals surface area contributed by atoms with E-state index < -0.39 is 42.5 Å². The average Bonchev–Trinajstić information content (AvgIpc) is 2.91. The molecule has 3 rings (SSSR count). The van der Waals surface area contributed by atoms with Crippen molar-refractivity contribution in [2.45, 2.75) is 50.4 Å². The predicted octanol–water partition coefficient (Wildman–Crippen LogP) is 3.80. The highest BCUT2D eigenvalue weighted by Gasteiger charge is 2.52. The summed E-state index contributed by atoms with van der Waals surface area (Å²) in [5, 5.41) is 9.98. The summed E-state index contributed by atoms with van der Waals surface area (Å²) >= 11 is 0. The molecule has 29 heavy (non-hydrogen) atoms. The van der Waals surface area contributed by atoms with Crippen LogP contribution in [0.1, 0.15) is 25.7 Å². The second kappa shape index (κ2) is 7.67. The van der Waals surface area contributed by atoms with Gasteiger partial charge in [-0.05, 0) is 49.9 Å². The summed E-state index contributed by atoms with van der Waals surface area (Å²) in [6.45, 7) is -1.25. The summed E-state index contributed by atoms with van der Waals surface area (Å²) in [6.07, 6.45) is -10.9. The summed E-state index contributed by atoms with van der Waals surface area (Å²) in [6, 6.07) is 4.79. The predicted molar refractivity (Wildman–Crippen MR) is 88.2 cm³/mol. The summed E-state index contributed by atoms with van der Waals surface area (Å²) < 4.78 is 82.7. The zero-order chi connectivity index (χ0) is 21.4. The van der Waals surface area contributed by atoms with Crippen LogP contribution in [0.15, 0.2) is 24.3 Å². The fourth-order valence-electron chi connectivity index (χ4n) is 3.92. The normalized spacial score (nSPS) is 28.2. The number of alkyl halides is 6. The van der Waals surface area contributed by atoms with E-state index in [0.717, 1.165) is 12.1 Å². The third kappa shape index (κ3) is 5.13. The fraction of sp³-hybridized carbons (Fsp3) is 0.611. The molecule has 1 amide bonds. The molecule has 2 aliphatic rings. The molecule has 5 nitrogen and oxygen atoms in total. The molecule has 162 valence electrons. The number of benzene rings is 1. The van der Waals surface area contributed by atoms with Crippen LogP contribution < -0.4 is 9.64 Å². The van der Waals surface area contributed by atoms with Crippen molar-refractivity contribution >= 4 is 11.6 Å². The van der Waals surface area contributed by atoms with Crippen molar-refractivity contribution in [2.75, 3.05) is 18.1 Å². The minimum atomic E-state index is -4.83. The molecular weight excluding hydrogens is 408 g/mol. The van der Waals surface area contributed by atoms with E-state index in [1.807, 2.05) is 0 Å². The Morgan fingerprint density at radius 1 is 1.10 bits per heavy atom. The fourth-order valence-corrected chi connectivity index (χ4v) is 3.92. The molecule has 1 heterocycles. The van der Waals surface area contributed by atoms with Gasteiger partial charge in [-0.1, -0.05) is 0 Å². The van der Waals surface area contributed by atoms with Gasteiger partial charge in [0.1, 0.15) is 12.4 Å². The van der Waals surface area contributed by atoms with E-state index in [0.29, 0.717) is 18.5 Å². The van der Waals surface area contributed by atoms with Crippen LogP contribution in [0, 0.1) is 5.41 Å². The number of halogens is 6. The molecule has 0 radical (unpaired) electrons. The van der Waals surface area contributed by atoms with Crippen LogP contribution in [0.3, 0.4) is 0 Å². The van der Waals surface area contributed by atoms with Gasteiger partial charge in [0.05, 0.1) is 17.6 Å². The van der Waals surface area contributed by atoms with Crippen LogP contribution in [0.2, 0.25) is 0 Å². The monoisotopic (exact) mass is 427 g/mol. The summed E-state index contributed by atoms with van der Waals surface area (Å²) in [5.74, 6) is -0.765. The second-order valence-corrected chi connectivity index (χ2v) is 7.30. The molecule has 1 N–H and O–H groups in total. The van der Waals surface area contributed by atoms with Crippen LogP contribution in [-0.2, 0) is 9.53 Å². The first-order chi connectivity index (χ1) is 13.4. The number of anilines is 1. The molecule has 1 aromatic carbocycles. The van der Waals surface area contributed by atoms with Crippen molar-refractivity contribution in [2.24, 2.45) is 5.41 Å². The Morgan fingerprint density at radius 2 is 1.76 bits per heavy atom. The standard InChI is InChI=1S/C18H19F6NO4/c19-17(20,21)10-28-14-9-16(6-5-13(14)26)7-8-25(15(16)27)11-1-3-12(4-2-11)29-18(22,23)24/h1-4,13-14,26H,5-10H2. The van der Waals surface area contributed by atoms with Gasteiger partial charge >= 0.3 is 12.5 Å². The maximum absolute atomic E-state index is 13.0. The van der Waals surface area contributed by atoms with Gasteiger partial charge in [0.25, 0.3) is 0 Å². The molecule has 3 unspecified atom stereocenters. The van der Waals surface area contributed by atoms with Gasteiger partial charge < -0.3 is 19.5 Å². The largest absolute Gasteiger partial charge is 0.573 e. The summed E-state index contributed by atoms with van der Waals surface area (Å²) in [7, 11) is 0. The lowest BCUT2D eigenvalue weighted by Crippen LogP contribution is -2.46. The summed E-state index contributed by atoms with van der Waals surface area (Å²) in [4.78, 5) is 14.4. The van der Waals surface area contributed by atoms with Gasteiger partial charge in [-0.2, -0.15) is 13.2 Å². The summed E-state index contributed by atoms with van der Waals surface area (Å²) in [5.41, 5.74) is -0.600. The van der Waals surface area contributed by atoms with Gasteiger partial charge in [0.2, 0.25) is 5.91 Å². The van der Waals surface area contributed by atoms with Gasteiger partial charge in [-0.3, -0.25) is 4.79 Å². The minimum absolute atomic E-state index is 0.0468. The highest BCUT2D eigenvalue weighted by atomic mass is 19.4. The molecule has 0 aromatic heterocycles. The number of hydrogen-bond donors (Lipinski definition) is 1. The lowest BCUT2D eigenvalue weighted by Gasteiger charge is -2.39. The maximum atomic E-state index is 13.0. The van der Waals surface area contributed by atoms with Crippen LogP contribution in [0.4, 0.5) is 32.0 Å². The number of hydrogen-bond acceptors (Lipinski definition) is 4. The Bertz CT molecular complexity index is 735. The molecule has 0 bridgehead atoms. The third-order valence-electron chi connectivity index (χ3n) is 5.30. The SMILES string of the molecule is O=C1N(c2ccc(OC(F)(F)F)cc2)CCC12CCC(O)C(OCC(F)(F)F)C2. The van der Waals surface area contributed by atoms with Gasteiger partial charge in [-0.15, -0.1) is 13.2 Å². The smallest absolute Gasteiger partial charge is 0.406 e. The number of carbonyl (C=O) groups excluding carboxylic acids is 1. The molecule has 1 spiro atoms. The van der Waals surface area contributed by atoms with Crippen molar-refractivity contribution in [1.29, 1.82) is 0 Å². The third-order valence-corrected chi connectivity index (χ3v) is 5.30. The highest BCUT2D eigenvalue weighted by molar-refractivity contribution is 6.00. The molecule has 1 saturated heterocycles. The number of aliphatic hydroxyl groups excluding tert-OH is 1. The van der Waals surface area contributed by atoms with E-state index in [2.05, 4.69) is 4.74 Å². The molecule has 2 fully saturated rings. The van der Waals surface area contributed by atoms with Crippen molar-refractivity contribution in [3.05, 3.63) is 24.3 Å².